The minimum absolute atomic E-state index is 0.0576. The van der Waals surface area contributed by atoms with Crippen molar-refractivity contribution in [3.05, 3.63) is 36.0 Å². The number of hydrogen-bond donors (Lipinski definition) is 1. The number of para-hydroxylation sites is 1. The Hall–Kier alpha value is -3.54. The largest absolute Gasteiger partial charge is 0.490 e. The first-order chi connectivity index (χ1) is 17.8. The van der Waals surface area contributed by atoms with Crippen molar-refractivity contribution in [2.45, 2.75) is 38.0 Å². The summed E-state index contributed by atoms with van der Waals surface area (Å²) in [6.07, 6.45) is -1.63. The second-order valence-electron chi connectivity index (χ2n) is 10.3. The van der Waals surface area contributed by atoms with Crippen LogP contribution in [0.5, 0.6) is 0 Å². The number of aliphatic carboxylic acids is 1. The summed E-state index contributed by atoms with van der Waals surface area (Å²) in [5.74, 6) is -2.13. The second-order valence-corrected chi connectivity index (χ2v) is 10.3. The van der Waals surface area contributed by atoms with Gasteiger partial charge in [0, 0.05) is 45.2 Å². The van der Waals surface area contributed by atoms with E-state index in [1.165, 1.54) is 12.8 Å². The van der Waals surface area contributed by atoms with E-state index in [9.17, 15) is 22.8 Å². The van der Waals surface area contributed by atoms with Crippen molar-refractivity contribution in [2.75, 3.05) is 41.3 Å². The third kappa shape index (κ3) is 5.35. The fourth-order valence-corrected chi connectivity index (χ4v) is 4.82. The van der Waals surface area contributed by atoms with Crippen LogP contribution in [0.3, 0.4) is 0 Å². The first-order valence-electron chi connectivity index (χ1n) is 12.4. The average Bonchev–Trinajstić information content (AvgIpc) is 3.27. The molecule has 1 aromatic carbocycles. The first-order valence-corrected chi connectivity index (χ1v) is 12.4. The minimum Gasteiger partial charge on any atom is -0.475 e. The van der Waals surface area contributed by atoms with Gasteiger partial charge < -0.3 is 24.4 Å². The molecule has 12 heteroatoms. The lowest BCUT2D eigenvalue weighted by Gasteiger charge is -2.21. The maximum atomic E-state index is 13.6. The highest BCUT2D eigenvalue weighted by Crippen LogP contribution is 2.37. The van der Waals surface area contributed by atoms with Crippen molar-refractivity contribution in [3.8, 4) is 0 Å². The summed E-state index contributed by atoms with van der Waals surface area (Å²) in [7, 11) is 7.59. The van der Waals surface area contributed by atoms with Crippen molar-refractivity contribution in [2.24, 2.45) is 5.92 Å². The number of likely N-dealkylation sites (N-methyl/N-ethyl adjacent to an activating group) is 1. The number of carboxylic acids is 1. The zero-order valence-corrected chi connectivity index (χ0v) is 21.8. The van der Waals surface area contributed by atoms with Crippen molar-refractivity contribution in [3.63, 3.8) is 0 Å². The van der Waals surface area contributed by atoms with Crippen LogP contribution in [0.25, 0.3) is 21.9 Å². The number of rotatable bonds is 4. The quantitative estimate of drug-likeness (QED) is 0.547. The van der Waals surface area contributed by atoms with Crippen LogP contribution in [0.2, 0.25) is 0 Å². The summed E-state index contributed by atoms with van der Waals surface area (Å²) in [4.78, 5) is 41.5. The Bertz CT molecular complexity index is 1370. The number of alkyl halides is 3. The molecule has 2 fully saturated rings. The molecule has 2 aromatic heterocycles. The number of aromatic nitrogens is 2. The molecule has 206 valence electrons. The molecule has 0 bridgehead atoms. The lowest BCUT2D eigenvalue weighted by Crippen LogP contribution is -2.37. The molecule has 9 nitrogen and oxygen atoms in total. The molecule has 1 aliphatic carbocycles. The Labute approximate surface area is 218 Å². The summed E-state index contributed by atoms with van der Waals surface area (Å²) in [5.41, 5.74) is 3.43. The first kappa shape index (κ1) is 27.5. The van der Waals surface area contributed by atoms with Crippen molar-refractivity contribution < 1.29 is 32.7 Å². The third-order valence-electron chi connectivity index (χ3n) is 7.08. The molecule has 5 rings (SSSR count). The van der Waals surface area contributed by atoms with Crippen molar-refractivity contribution in [1.82, 2.24) is 23.8 Å². The number of fused-ring (bicyclic) bond motifs is 3. The summed E-state index contributed by atoms with van der Waals surface area (Å²) in [6.45, 7) is 2.35. The molecule has 1 atom stereocenters. The number of carbonyl (C=O) groups excluding carboxylic acids is 2. The molecule has 38 heavy (non-hydrogen) atoms. The predicted molar refractivity (Wildman–Crippen MR) is 136 cm³/mol. The minimum atomic E-state index is -5.08. The Balaban J connectivity index is 0.000000426. The van der Waals surface area contributed by atoms with E-state index in [0.717, 1.165) is 41.4 Å². The molecular formula is C26H32F3N5O4. The molecular weight excluding hydrogens is 503 g/mol. The summed E-state index contributed by atoms with van der Waals surface area (Å²) in [5, 5.41) is 8.15. The van der Waals surface area contributed by atoms with Gasteiger partial charge in [0.1, 0.15) is 5.69 Å². The molecule has 0 radical (unpaired) electrons. The zero-order valence-electron chi connectivity index (χ0n) is 21.8. The number of benzene rings is 1. The maximum Gasteiger partial charge on any atom is 0.490 e. The van der Waals surface area contributed by atoms with E-state index < -0.39 is 12.1 Å². The van der Waals surface area contributed by atoms with Gasteiger partial charge in [0.25, 0.3) is 5.91 Å². The van der Waals surface area contributed by atoms with Gasteiger partial charge in [0.2, 0.25) is 0 Å². The predicted octanol–water partition coefficient (Wildman–Crippen LogP) is 3.95. The Morgan fingerprint density at radius 2 is 1.66 bits per heavy atom. The van der Waals surface area contributed by atoms with E-state index in [2.05, 4.69) is 35.7 Å². The van der Waals surface area contributed by atoms with Crippen LogP contribution >= 0.6 is 0 Å². The fourth-order valence-electron chi connectivity index (χ4n) is 4.82. The summed E-state index contributed by atoms with van der Waals surface area (Å²) in [6, 6.07) is 10.3. The van der Waals surface area contributed by atoms with Gasteiger partial charge in [-0.3, -0.25) is 9.36 Å². The highest BCUT2D eigenvalue weighted by atomic mass is 19.4. The topological polar surface area (TPSA) is 91.0 Å². The monoisotopic (exact) mass is 535 g/mol. The molecule has 2 amide bonds. The molecule has 0 spiro atoms. The molecule has 3 aromatic rings. The number of halogens is 3. The highest BCUT2D eigenvalue weighted by molar-refractivity contribution is 6.14. The highest BCUT2D eigenvalue weighted by Gasteiger charge is 2.38. The Morgan fingerprint density at radius 1 is 1.03 bits per heavy atom. The van der Waals surface area contributed by atoms with Gasteiger partial charge in [0.05, 0.1) is 16.6 Å². The van der Waals surface area contributed by atoms with Gasteiger partial charge >= 0.3 is 18.2 Å². The van der Waals surface area contributed by atoms with Crippen LogP contribution < -0.4 is 0 Å². The van der Waals surface area contributed by atoms with Crippen LogP contribution in [0.15, 0.2) is 30.3 Å². The van der Waals surface area contributed by atoms with Crippen LogP contribution in [-0.4, -0.2) is 100 Å². The molecule has 1 N–H and O–H groups in total. The van der Waals surface area contributed by atoms with Gasteiger partial charge in [-0.1, -0.05) is 18.2 Å². The Morgan fingerprint density at radius 3 is 2.18 bits per heavy atom. The fraction of sp³-hybridized carbons (Fsp3) is 0.500. The van der Waals surface area contributed by atoms with Gasteiger partial charge in [-0.05, 0) is 51.4 Å². The number of carbonyl (C=O) groups is 3. The second kappa shape index (κ2) is 10.3. The number of nitrogens with zero attached hydrogens (tertiary/aromatic N) is 5. The van der Waals surface area contributed by atoms with Crippen LogP contribution in [0.1, 0.15) is 29.8 Å². The Kier molecular flexibility index (Phi) is 7.46. The van der Waals surface area contributed by atoms with E-state index >= 15 is 0 Å². The van der Waals surface area contributed by atoms with Crippen LogP contribution in [0, 0.1) is 5.92 Å². The molecule has 1 saturated heterocycles. The van der Waals surface area contributed by atoms with Crippen molar-refractivity contribution in [1.29, 1.82) is 0 Å². The summed E-state index contributed by atoms with van der Waals surface area (Å²) >= 11 is 0. The van der Waals surface area contributed by atoms with E-state index in [1.54, 1.807) is 23.6 Å². The lowest BCUT2D eigenvalue weighted by atomic mass is 10.2. The van der Waals surface area contributed by atoms with E-state index in [0.29, 0.717) is 24.2 Å². The van der Waals surface area contributed by atoms with Gasteiger partial charge in [-0.25, -0.2) is 9.59 Å². The lowest BCUT2D eigenvalue weighted by molar-refractivity contribution is -0.192. The van der Waals surface area contributed by atoms with Gasteiger partial charge in [-0.2, -0.15) is 13.2 Å². The van der Waals surface area contributed by atoms with E-state index in [1.807, 2.05) is 23.1 Å². The molecule has 1 saturated carbocycles. The van der Waals surface area contributed by atoms with E-state index in [4.69, 9.17) is 9.90 Å². The molecule has 2 aliphatic rings. The SMILES string of the molecule is CN(C)C(=O)n1c(C(=O)N2CCC(N(C)C)C2)cc2c1c1ccccc1n2CC1CC1.O=C(O)C(F)(F)F. The maximum absolute atomic E-state index is 13.6. The van der Waals surface area contributed by atoms with Gasteiger partial charge in [0.15, 0.2) is 0 Å². The third-order valence-corrected chi connectivity index (χ3v) is 7.08. The van der Waals surface area contributed by atoms with Gasteiger partial charge in [-0.15, -0.1) is 0 Å². The number of amides is 2. The number of carboxylic acid groups (broad SMARTS) is 1. The average molecular weight is 536 g/mol. The van der Waals surface area contributed by atoms with Crippen LogP contribution in [0.4, 0.5) is 18.0 Å². The molecule has 1 aliphatic heterocycles. The smallest absolute Gasteiger partial charge is 0.475 e. The normalized spacial score (nSPS) is 17.7. The molecule has 3 heterocycles. The number of likely N-dealkylation sites (tertiary alicyclic amines) is 1. The summed E-state index contributed by atoms with van der Waals surface area (Å²) < 4.78 is 35.7. The standard InChI is InChI=1S/C24H31N5O2.C2HF3O2/c1-25(2)17-11-12-27(15-17)23(30)21-13-20-22(29(21)24(31)26(3)4)18-7-5-6-8-19(18)28(20)14-16-9-10-16;3-2(4,5)1(6)7/h5-8,13,16-17H,9-12,14-15H2,1-4H3;(H,6,7). The van der Waals surface area contributed by atoms with Crippen LogP contribution in [-0.2, 0) is 11.3 Å². The molecule has 1 unspecified atom stereocenters. The van der Waals surface area contributed by atoms with E-state index in [-0.39, 0.29) is 11.9 Å². The zero-order chi connectivity index (χ0) is 27.9. The number of hydrogen-bond acceptors (Lipinski definition) is 4. The van der Waals surface area contributed by atoms with Crippen molar-refractivity contribution >= 4 is 39.8 Å².